The van der Waals surface area contributed by atoms with E-state index in [1.54, 1.807) is 42.4 Å². The van der Waals surface area contributed by atoms with E-state index in [0.717, 1.165) is 39.1 Å². The lowest BCUT2D eigenvalue weighted by atomic mass is 9.98. The smallest absolute Gasteiger partial charge is 0.141 e. The molecule has 0 amide bonds. The van der Waals surface area contributed by atoms with Crippen LogP contribution in [0.2, 0.25) is 0 Å². The van der Waals surface area contributed by atoms with Gasteiger partial charge in [0.1, 0.15) is 23.1 Å². The van der Waals surface area contributed by atoms with Gasteiger partial charge in [0.05, 0.1) is 53.3 Å². The quantitative estimate of drug-likeness (QED) is 0.209. The van der Waals surface area contributed by atoms with Gasteiger partial charge in [0.15, 0.2) is 0 Å². The molecule has 0 aliphatic carbocycles. The maximum atomic E-state index is 9.60. The molecule has 3 aromatic heterocycles. The summed E-state index contributed by atoms with van der Waals surface area (Å²) in [5, 5.41) is 25.9. The van der Waals surface area contributed by atoms with Crippen molar-refractivity contribution in [3.8, 4) is 52.0 Å². The molecule has 0 N–H and O–H groups in total. The molecule has 0 saturated heterocycles. The van der Waals surface area contributed by atoms with Crippen molar-refractivity contribution in [2.45, 2.75) is 0 Å². The maximum absolute atomic E-state index is 9.60. The predicted octanol–water partition coefficient (Wildman–Crippen LogP) is 7.58. The monoisotopic (exact) mass is 558 g/mol. The molecule has 3 heterocycles. The van der Waals surface area contributed by atoms with Crippen LogP contribution in [-0.4, -0.2) is 26.4 Å². The first-order valence-electron chi connectivity index (χ1n) is 13.5. The van der Waals surface area contributed by atoms with Crippen molar-refractivity contribution in [2.75, 3.05) is 7.11 Å². The standard InChI is InChI=1S/C35H22N6O2/c1-42-27-14-15-38-34(18-27)41-32-11-3-2-10-30(32)31-13-12-29(17-33(31)41)43-28-9-5-8-26(16-28)40-22-25(21-39-40)35-23(19-36)6-4-7-24(35)20-37/h2-18,21-22H,1H3. The van der Waals surface area contributed by atoms with Gasteiger partial charge in [-0.3, -0.25) is 4.57 Å². The number of rotatable bonds is 6. The highest BCUT2D eigenvalue weighted by molar-refractivity contribution is 6.09. The van der Waals surface area contributed by atoms with Crippen molar-refractivity contribution in [1.29, 1.82) is 10.5 Å². The van der Waals surface area contributed by atoms with Crippen molar-refractivity contribution in [2.24, 2.45) is 0 Å². The molecule has 0 spiro atoms. The van der Waals surface area contributed by atoms with Gasteiger partial charge >= 0.3 is 0 Å². The molecular formula is C35H22N6O2. The lowest BCUT2D eigenvalue weighted by molar-refractivity contribution is 0.414. The van der Waals surface area contributed by atoms with Crippen molar-refractivity contribution in [3.63, 3.8) is 0 Å². The Balaban J connectivity index is 1.26. The number of benzene rings is 4. The summed E-state index contributed by atoms with van der Waals surface area (Å²) < 4.78 is 15.6. The summed E-state index contributed by atoms with van der Waals surface area (Å²) in [5.41, 5.74) is 4.86. The van der Waals surface area contributed by atoms with Crippen LogP contribution in [0.15, 0.2) is 116 Å². The topological polar surface area (TPSA) is 102 Å². The Kier molecular flexibility index (Phi) is 6.27. The zero-order valence-electron chi connectivity index (χ0n) is 23.0. The average Bonchev–Trinajstić information content (AvgIpc) is 3.67. The van der Waals surface area contributed by atoms with E-state index in [1.165, 1.54) is 0 Å². The first-order chi connectivity index (χ1) is 21.2. The third kappa shape index (κ3) is 4.50. The summed E-state index contributed by atoms with van der Waals surface area (Å²) in [6.45, 7) is 0. The fourth-order valence-corrected chi connectivity index (χ4v) is 5.38. The van der Waals surface area contributed by atoms with E-state index in [9.17, 15) is 10.5 Å². The minimum atomic E-state index is 0.424. The number of nitriles is 2. The normalized spacial score (nSPS) is 10.9. The molecule has 0 bridgehead atoms. The zero-order chi connectivity index (χ0) is 29.3. The van der Waals surface area contributed by atoms with Gasteiger partial charge in [-0.25, -0.2) is 9.67 Å². The largest absolute Gasteiger partial charge is 0.497 e. The van der Waals surface area contributed by atoms with E-state index in [1.807, 2.05) is 66.9 Å². The minimum Gasteiger partial charge on any atom is -0.497 e. The van der Waals surface area contributed by atoms with Gasteiger partial charge in [0.25, 0.3) is 0 Å². The minimum absolute atomic E-state index is 0.424. The second-order valence-electron chi connectivity index (χ2n) is 9.81. The van der Waals surface area contributed by atoms with Gasteiger partial charge < -0.3 is 9.47 Å². The van der Waals surface area contributed by atoms with Gasteiger partial charge in [-0.2, -0.15) is 15.6 Å². The van der Waals surface area contributed by atoms with Crippen LogP contribution >= 0.6 is 0 Å². The number of ether oxygens (including phenoxy) is 2. The predicted molar refractivity (Wildman–Crippen MR) is 164 cm³/mol. The molecule has 0 atom stereocenters. The highest BCUT2D eigenvalue weighted by Gasteiger charge is 2.16. The van der Waals surface area contributed by atoms with Gasteiger partial charge in [0, 0.05) is 52.5 Å². The highest BCUT2D eigenvalue weighted by Crippen LogP contribution is 2.36. The van der Waals surface area contributed by atoms with Crippen LogP contribution in [0.5, 0.6) is 17.2 Å². The average molecular weight is 559 g/mol. The van der Waals surface area contributed by atoms with Crippen molar-refractivity contribution in [3.05, 3.63) is 127 Å². The number of para-hydroxylation sites is 1. The number of aromatic nitrogens is 4. The molecule has 8 heteroatoms. The van der Waals surface area contributed by atoms with Crippen LogP contribution in [0.25, 0.3) is 44.4 Å². The first-order valence-corrected chi connectivity index (χ1v) is 13.5. The number of pyridine rings is 1. The van der Waals surface area contributed by atoms with Crippen LogP contribution in [0.3, 0.4) is 0 Å². The number of hydrogen-bond acceptors (Lipinski definition) is 6. The van der Waals surface area contributed by atoms with Crippen LogP contribution in [0, 0.1) is 22.7 Å². The summed E-state index contributed by atoms with van der Waals surface area (Å²) in [5.74, 6) is 2.77. The van der Waals surface area contributed by atoms with E-state index in [4.69, 9.17) is 9.47 Å². The lowest BCUT2D eigenvalue weighted by Crippen LogP contribution is -1.98. The highest BCUT2D eigenvalue weighted by atomic mass is 16.5. The molecule has 4 aromatic carbocycles. The van der Waals surface area contributed by atoms with Crippen molar-refractivity contribution in [1.82, 2.24) is 19.3 Å². The lowest BCUT2D eigenvalue weighted by Gasteiger charge is -2.10. The Labute approximate surface area is 246 Å². The molecule has 7 rings (SSSR count). The molecule has 0 fully saturated rings. The summed E-state index contributed by atoms with van der Waals surface area (Å²) >= 11 is 0. The second kappa shape index (κ2) is 10.5. The van der Waals surface area contributed by atoms with Crippen LogP contribution in [0.1, 0.15) is 11.1 Å². The third-order valence-corrected chi connectivity index (χ3v) is 7.32. The van der Waals surface area contributed by atoms with Crippen LogP contribution < -0.4 is 9.47 Å². The zero-order valence-corrected chi connectivity index (χ0v) is 23.0. The summed E-state index contributed by atoms with van der Waals surface area (Å²) in [6, 6.07) is 35.0. The number of nitrogens with zero attached hydrogens (tertiary/aromatic N) is 6. The van der Waals surface area contributed by atoms with Crippen LogP contribution in [0.4, 0.5) is 0 Å². The number of hydrogen-bond donors (Lipinski definition) is 0. The molecule has 0 unspecified atom stereocenters. The molecule has 7 aromatic rings. The Morgan fingerprint density at radius 3 is 2.30 bits per heavy atom. The molecule has 0 saturated carbocycles. The Morgan fingerprint density at radius 1 is 0.721 bits per heavy atom. The van der Waals surface area contributed by atoms with Gasteiger partial charge in [-0.15, -0.1) is 0 Å². The fourth-order valence-electron chi connectivity index (χ4n) is 5.38. The number of fused-ring (bicyclic) bond motifs is 3. The van der Waals surface area contributed by atoms with Crippen molar-refractivity contribution >= 4 is 21.8 Å². The third-order valence-electron chi connectivity index (χ3n) is 7.32. The summed E-state index contributed by atoms with van der Waals surface area (Å²) in [7, 11) is 1.64. The number of methoxy groups -OCH3 is 1. The van der Waals surface area contributed by atoms with E-state index in [-0.39, 0.29) is 0 Å². The summed E-state index contributed by atoms with van der Waals surface area (Å²) in [6.07, 6.45) is 5.20. The molecule has 0 aliphatic rings. The molecule has 0 radical (unpaired) electrons. The molecule has 43 heavy (non-hydrogen) atoms. The van der Waals surface area contributed by atoms with E-state index in [2.05, 4.69) is 45.0 Å². The SMILES string of the molecule is COc1ccnc(-n2c3ccccc3c3ccc(Oc4cccc(-n5cc(-c6c(C#N)cccc6C#N)cn5)c4)cc32)c1. The Morgan fingerprint density at radius 2 is 1.49 bits per heavy atom. The molecular weight excluding hydrogens is 536 g/mol. The second-order valence-corrected chi connectivity index (χ2v) is 9.81. The molecule has 8 nitrogen and oxygen atoms in total. The Hall–Kier alpha value is -6.38. The fraction of sp³-hybridized carbons (Fsp3) is 0.0286. The van der Waals surface area contributed by atoms with Crippen molar-refractivity contribution < 1.29 is 9.47 Å². The van der Waals surface area contributed by atoms with E-state index in [0.29, 0.717) is 33.8 Å². The molecule has 0 aliphatic heterocycles. The maximum Gasteiger partial charge on any atom is 0.141 e. The first kappa shape index (κ1) is 25.6. The molecule has 204 valence electrons. The summed E-state index contributed by atoms with van der Waals surface area (Å²) in [4.78, 5) is 4.63. The van der Waals surface area contributed by atoms with Gasteiger partial charge in [0.2, 0.25) is 0 Å². The van der Waals surface area contributed by atoms with E-state index >= 15 is 0 Å². The van der Waals surface area contributed by atoms with Crippen LogP contribution in [-0.2, 0) is 0 Å². The van der Waals surface area contributed by atoms with E-state index < -0.39 is 0 Å². The van der Waals surface area contributed by atoms with Gasteiger partial charge in [-0.1, -0.05) is 30.3 Å². The van der Waals surface area contributed by atoms with Gasteiger partial charge in [-0.05, 0) is 48.5 Å². The Bertz CT molecular complexity index is 2220.